The molecule has 1 amide bonds. The van der Waals surface area contributed by atoms with Crippen LogP contribution in [0, 0.1) is 0 Å². The van der Waals surface area contributed by atoms with Gasteiger partial charge in [-0.25, -0.2) is 21.8 Å². The summed E-state index contributed by atoms with van der Waals surface area (Å²) in [6, 6.07) is 4.44. The Bertz CT molecular complexity index is 954. The molecule has 0 saturated heterocycles. The standard InChI is InChI=1S/C12H15Cl2NO5S.C3H3NO2S2/c1-21(19,20)8-4-2-7(3-5-8)10(17)9(6-16)15-12(18)11(13)14;5-8(6)3-4-1-2-7-3/h2-5,9-11,16-17H,6H2,1H3,(H,15,18);1-2,8H/t9-,10-;/m1./s1. The van der Waals surface area contributed by atoms with Crippen LogP contribution in [0.15, 0.2) is 45.1 Å². The number of halogens is 2. The second-order valence-electron chi connectivity index (χ2n) is 5.46. The Morgan fingerprint density at radius 1 is 1.28 bits per heavy atom. The molecular weight excluding hydrogens is 487 g/mol. The SMILES string of the molecule is CS(=O)(=O)c1ccc([C@@H](O)[C@@H](CO)NC(=O)C(Cl)Cl)cc1.O=[SH](=O)c1nccs1. The number of rotatable bonds is 7. The van der Waals surface area contributed by atoms with Crippen molar-refractivity contribution in [3.05, 3.63) is 41.4 Å². The molecule has 0 aliphatic heterocycles. The van der Waals surface area contributed by atoms with Gasteiger partial charge in [-0.05, 0) is 17.7 Å². The number of hydrogen-bond acceptors (Lipinski definition) is 9. The zero-order valence-corrected chi connectivity index (χ0v) is 18.8. The number of nitrogens with zero attached hydrogens (tertiary/aromatic N) is 1. The van der Waals surface area contributed by atoms with Crippen molar-refractivity contribution in [1.29, 1.82) is 0 Å². The highest BCUT2D eigenvalue weighted by Gasteiger charge is 2.24. The third-order valence-electron chi connectivity index (χ3n) is 3.33. The largest absolute Gasteiger partial charge is 0.394 e. The van der Waals surface area contributed by atoms with Crippen LogP contribution in [-0.2, 0) is 25.3 Å². The van der Waals surface area contributed by atoms with Crippen LogP contribution in [0.5, 0.6) is 0 Å². The summed E-state index contributed by atoms with van der Waals surface area (Å²) in [6.45, 7) is -0.540. The number of carbonyl (C=O) groups is 1. The van der Waals surface area contributed by atoms with E-state index in [1.165, 1.54) is 30.5 Å². The van der Waals surface area contributed by atoms with Crippen molar-refractivity contribution >= 4 is 61.0 Å². The lowest BCUT2D eigenvalue weighted by Crippen LogP contribution is -2.44. The Kier molecular flexibility index (Phi) is 10.5. The summed E-state index contributed by atoms with van der Waals surface area (Å²) in [4.78, 5) is 13.7. The summed E-state index contributed by atoms with van der Waals surface area (Å²) in [5.74, 6) is -0.746. The van der Waals surface area contributed by atoms with Crippen LogP contribution in [0.1, 0.15) is 11.7 Å². The molecule has 29 heavy (non-hydrogen) atoms. The fourth-order valence-electron chi connectivity index (χ4n) is 1.92. The van der Waals surface area contributed by atoms with Crippen molar-refractivity contribution in [2.24, 2.45) is 0 Å². The summed E-state index contributed by atoms with van der Waals surface area (Å²) >= 11 is 11.9. The average Bonchev–Trinajstić information content (AvgIpc) is 3.20. The van der Waals surface area contributed by atoms with Crippen molar-refractivity contribution in [2.45, 2.75) is 26.2 Å². The second kappa shape index (κ2) is 11.8. The van der Waals surface area contributed by atoms with Crippen LogP contribution in [0.4, 0.5) is 0 Å². The van der Waals surface area contributed by atoms with Crippen molar-refractivity contribution in [3.63, 3.8) is 0 Å². The van der Waals surface area contributed by atoms with Crippen LogP contribution in [0.2, 0.25) is 0 Å². The van der Waals surface area contributed by atoms with Crippen LogP contribution in [0.25, 0.3) is 0 Å². The van der Waals surface area contributed by atoms with Gasteiger partial charge in [0, 0.05) is 17.8 Å². The molecule has 1 heterocycles. The molecule has 0 spiro atoms. The number of aliphatic hydroxyl groups is 2. The van der Waals surface area contributed by atoms with Crippen molar-refractivity contribution < 1.29 is 31.8 Å². The zero-order valence-electron chi connectivity index (χ0n) is 14.8. The van der Waals surface area contributed by atoms with E-state index in [1.54, 1.807) is 5.38 Å². The number of sulfone groups is 1. The molecule has 1 aromatic heterocycles. The Labute approximate surface area is 183 Å². The molecule has 2 aromatic rings. The van der Waals surface area contributed by atoms with Gasteiger partial charge in [0.15, 0.2) is 25.4 Å². The summed E-state index contributed by atoms with van der Waals surface area (Å²) in [6.07, 6.45) is 1.29. The first-order valence-corrected chi connectivity index (χ1v) is 12.5. The highest BCUT2D eigenvalue weighted by molar-refractivity contribution is 7.90. The first kappa shape index (κ1) is 25.8. The van der Waals surface area contributed by atoms with Gasteiger partial charge in [-0.2, -0.15) is 0 Å². The molecule has 0 unspecified atom stereocenters. The van der Waals surface area contributed by atoms with Crippen LogP contribution in [-0.4, -0.2) is 61.7 Å². The van der Waals surface area contributed by atoms with Gasteiger partial charge in [0.2, 0.25) is 4.34 Å². The number of thiazole rings is 1. The van der Waals surface area contributed by atoms with E-state index in [-0.39, 0.29) is 9.24 Å². The maximum absolute atomic E-state index is 11.4. The third-order valence-corrected chi connectivity index (χ3v) is 6.62. The van der Waals surface area contributed by atoms with Gasteiger partial charge in [0.25, 0.3) is 5.91 Å². The monoisotopic (exact) mass is 504 g/mol. The fraction of sp³-hybridized carbons (Fsp3) is 0.333. The summed E-state index contributed by atoms with van der Waals surface area (Å²) in [5, 5.41) is 23.2. The molecule has 0 saturated carbocycles. The van der Waals surface area contributed by atoms with Gasteiger partial charge in [-0.15, -0.1) is 11.3 Å². The molecule has 0 fully saturated rings. The molecule has 0 bridgehead atoms. The lowest BCUT2D eigenvalue weighted by atomic mass is 10.0. The molecule has 162 valence electrons. The lowest BCUT2D eigenvalue weighted by Gasteiger charge is -2.23. The minimum Gasteiger partial charge on any atom is -0.394 e. The molecule has 3 N–H and O–H groups in total. The topological polar surface area (TPSA) is 151 Å². The quantitative estimate of drug-likeness (QED) is 0.314. The number of carbonyl (C=O) groups excluding carboxylic acids is 1. The van der Waals surface area contributed by atoms with Gasteiger partial charge in [0.1, 0.15) is 6.10 Å². The highest BCUT2D eigenvalue weighted by Crippen LogP contribution is 2.20. The fourth-order valence-corrected chi connectivity index (χ4v) is 3.73. The van der Waals surface area contributed by atoms with Crippen molar-refractivity contribution in [1.82, 2.24) is 10.3 Å². The molecule has 0 aliphatic rings. The third kappa shape index (κ3) is 8.54. The van der Waals surface area contributed by atoms with E-state index in [2.05, 4.69) is 10.3 Å². The smallest absolute Gasteiger partial charge is 0.253 e. The predicted molar refractivity (Wildman–Crippen MR) is 110 cm³/mol. The van der Waals surface area contributed by atoms with E-state index < -0.39 is 50.0 Å². The van der Waals surface area contributed by atoms with Crippen LogP contribution >= 0.6 is 34.5 Å². The summed E-state index contributed by atoms with van der Waals surface area (Å²) < 4.78 is 42.9. The normalized spacial score (nSPS) is 13.5. The molecule has 2 rings (SSSR count). The number of alkyl halides is 2. The predicted octanol–water partition coefficient (Wildman–Crippen LogP) is 0.518. The summed E-state index contributed by atoms with van der Waals surface area (Å²) in [7, 11) is -5.79. The molecule has 1 aromatic carbocycles. The number of nitrogens with one attached hydrogen (secondary N) is 1. The minimum absolute atomic E-state index is 0.101. The van der Waals surface area contributed by atoms with Crippen LogP contribution in [0.3, 0.4) is 0 Å². The first-order valence-electron chi connectivity index (χ1n) is 7.68. The number of aliphatic hydroxyl groups excluding tert-OH is 2. The van der Waals surface area contributed by atoms with E-state index in [0.29, 0.717) is 5.56 Å². The average molecular weight is 505 g/mol. The molecule has 2 atom stereocenters. The van der Waals surface area contributed by atoms with E-state index in [1.807, 2.05) is 0 Å². The van der Waals surface area contributed by atoms with E-state index in [9.17, 15) is 31.8 Å². The molecular formula is C15H18Cl2N2O7S3. The van der Waals surface area contributed by atoms with Gasteiger partial charge in [-0.1, -0.05) is 35.3 Å². The van der Waals surface area contributed by atoms with E-state index >= 15 is 0 Å². The van der Waals surface area contributed by atoms with Gasteiger partial charge >= 0.3 is 0 Å². The first-order chi connectivity index (χ1) is 13.5. The molecule has 9 nitrogen and oxygen atoms in total. The van der Waals surface area contributed by atoms with Gasteiger partial charge in [0.05, 0.1) is 17.5 Å². The van der Waals surface area contributed by atoms with Gasteiger partial charge in [-0.3, -0.25) is 4.79 Å². The van der Waals surface area contributed by atoms with Crippen LogP contribution < -0.4 is 5.32 Å². The number of thiol groups is 1. The maximum Gasteiger partial charge on any atom is 0.253 e. The highest BCUT2D eigenvalue weighted by atomic mass is 35.5. The molecule has 0 radical (unpaired) electrons. The number of benzene rings is 1. The second-order valence-corrected chi connectivity index (χ2v) is 10.7. The number of hydrogen-bond donors (Lipinski definition) is 4. The maximum atomic E-state index is 11.4. The van der Waals surface area contributed by atoms with E-state index in [4.69, 9.17) is 23.2 Å². The Morgan fingerprint density at radius 2 is 1.86 bits per heavy atom. The summed E-state index contributed by atoms with van der Waals surface area (Å²) in [5.41, 5.74) is 0.336. The van der Waals surface area contributed by atoms with Gasteiger partial charge < -0.3 is 15.5 Å². The lowest BCUT2D eigenvalue weighted by molar-refractivity contribution is -0.121. The van der Waals surface area contributed by atoms with E-state index in [0.717, 1.165) is 17.6 Å². The zero-order chi connectivity index (χ0) is 22.2. The molecule has 14 heteroatoms. The number of amides is 1. The molecule has 0 aliphatic carbocycles. The van der Waals surface area contributed by atoms with Crippen molar-refractivity contribution in [2.75, 3.05) is 12.9 Å². The Balaban J connectivity index is 0.000000436. The van der Waals surface area contributed by atoms with Crippen molar-refractivity contribution in [3.8, 4) is 0 Å². The Hall–Kier alpha value is -1.28. The Morgan fingerprint density at radius 3 is 2.21 bits per heavy atom. The number of aromatic nitrogens is 1. The minimum atomic E-state index is -3.34.